The molecule has 0 bridgehead atoms. The minimum atomic E-state index is -1.15. The molecule has 4 heterocycles. The van der Waals surface area contributed by atoms with Crippen molar-refractivity contribution in [3.8, 4) is 11.4 Å². The molecule has 4 aromatic heterocycles. The van der Waals surface area contributed by atoms with Gasteiger partial charge in [0.1, 0.15) is 23.4 Å². The molecule has 0 saturated heterocycles. The van der Waals surface area contributed by atoms with Gasteiger partial charge in [-0.15, -0.1) is 0 Å². The van der Waals surface area contributed by atoms with Gasteiger partial charge in [-0.1, -0.05) is 6.92 Å². The summed E-state index contributed by atoms with van der Waals surface area (Å²) in [5.74, 6) is 0.536. The molecule has 0 radical (unpaired) electrons. The van der Waals surface area contributed by atoms with Crippen molar-refractivity contribution in [3.63, 3.8) is 0 Å². The average molecular weight is 382 g/mol. The third-order valence-electron chi connectivity index (χ3n) is 5.40. The van der Waals surface area contributed by atoms with Crippen molar-refractivity contribution in [2.45, 2.75) is 46.4 Å². The Morgan fingerprint density at radius 3 is 2.52 bits per heavy atom. The number of hydrogen-bond donors (Lipinski definition) is 0. The van der Waals surface area contributed by atoms with Gasteiger partial charge in [-0.3, -0.25) is 8.61 Å². The third-order valence-corrected chi connectivity index (χ3v) is 6.77. The standard InChI is InChI=1S/C20H23N5OS/c1-7-27(26)20-18(16-9-24-10-21-11(2)8-17(24)22-16)23-25-15(6)13(4)12(3)14(5)19(20)25/h8-10H,7H2,1-6H3. The highest BCUT2D eigenvalue weighted by Crippen LogP contribution is 2.34. The molecule has 7 heteroatoms. The maximum absolute atomic E-state index is 13.0. The first kappa shape index (κ1) is 17.9. The normalized spacial score (nSPS) is 13.0. The van der Waals surface area contributed by atoms with Crippen LogP contribution in [0.25, 0.3) is 22.6 Å². The van der Waals surface area contributed by atoms with Gasteiger partial charge in [0.05, 0.1) is 21.2 Å². The van der Waals surface area contributed by atoms with E-state index in [1.165, 1.54) is 11.1 Å². The van der Waals surface area contributed by atoms with E-state index in [0.717, 1.165) is 38.7 Å². The van der Waals surface area contributed by atoms with E-state index >= 15 is 0 Å². The summed E-state index contributed by atoms with van der Waals surface area (Å²) in [6, 6.07) is 1.93. The molecule has 0 amide bonds. The summed E-state index contributed by atoms with van der Waals surface area (Å²) in [6.07, 6.45) is 3.66. The highest BCUT2D eigenvalue weighted by Gasteiger charge is 2.25. The number of hydrogen-bond acceptors (Lipinski definition) is 4. The second kappa shape index (κ2) is 6.27. The molecule has 1 unspecified atom stereocenters. The van der Waals surface area contributed by atoms with Gasteiger partial charge in [-0.25, -0.2) is 14.5 Å². The maximum atomic E-state index is 13.0. The monoisotopic (exact) mass is 381 g/mol. The number of imidazole rings is 1. The summed E-state index contributed by atoms with van der Waals surface area (Å²) < 4.78 is 16.8. The second-order valence-corrected chi connectivity index (χ2v) is 8.63. The number of pyridine rings is 1. The van der Waals surface area contributed by atoms with Crippen LogP contribution in [0.1, 0.15) is 35.0 Å². The highest BCUT2D eigenvalue weighted by molar-refractivity contribution is 7.85. The molecule has 0 aromatic carbocycles. The fourth-order valence-electron chi connectivity index (χ4n) is 3.49. The molecule has 0 fully saturated rings. The molecular formula is C20H23N5OS. The lowest BCUT2D eigenvalue weighted by atomic mass is 10.0. The Bertz CT molecular complexity index is 1230. The Morgan fingerprint density at radius 2 is 1.81 bits per heavy atom. The first-order valence-corrected chi connectivity index (χ1v) is 10.3. The zero-order valence-corrected chi connectivity index (χ0v) is 17.3. The summed E-state index contributed by atoms with van der Waals surface area (Å²) in [5.41, 5.74) is 8.67. The lowest BCUT2D eigenvalue weighted by Gasteiger charge is -2.12. The van der Waals surface area contributed by atoms with Crippen molar-refractivity contribution in [2.24, 2.45) is 0 Å². The number of nitrogens with zero attached hydrogens (tertiary/aromatic N) is 5. The highest BCUT2D eigenvalue weighted by atomic mass is 32.2. The summed E-state index contributed by atoms with van der Waals surface area (Å²) >= 11 is 0. The molecule has 4 rings (SSSR count). The fourth-order valence-corrected chi connectivity index (χ4v) is 4.60. The predicted octanol–water partition coefficient (Wildman–Crippen LogP) is 3.71. The van der Waals surface area contributed by atoms with Crippen LogP contribution in [0.4, 0.5) is 0 Å². The second-order valence-electron chi connectivity index (χ2n) is 6.95. The van der Waals surface area contributed by atoms with Crippen molar-refractivity contribution < 1.29 is 4.21 Å². The van der Waals surface area contributed by atoms with Gasteiger partial charge in [-0.2, -0.15) is 5.10 Å². The average Bonchev–Trinajstić information content (AvgIpc) is 3.25. The number of aromatic nitrogens is 5. The van der Waals surface area contributed by atoms with Crippen LogP contribution in [-0.2, 0) is 10.8 Å². The van der Waals surface area contributed by atoms with E-state index in [1.54, 1.807) is 6.33 Å². The molecule has 6 nitrogen and oxygen atoms in total. The Labute approximate surface area is 160 Å². The van der Waals surface area contributed by atoms with Crippen molar-refractivity contribution in [1.29, 1.82) is 0 Å². The van der Waals surface area contributed by atoms with E-state index in [4.69, 9.17) is 10.1 Å². The Kier molecular flexibility index (Phi) is 4.14. The van der Waals surface area contributed by atoms with E-state index in [1.807, 2.05) is 35.0 Å². The zero-order valence-electron chi connectivity index (χ0n) is 16.5. The molecular weight excluding hydrogens is 358 g/mol. The van der Waals surface area contributed by atoms with Gasteiger partial charge in [-0.05, 0) is 51.3 Å². The first-order valence-electron chi connectivity index (χ1n) is 9.02. The predicted molar refractivity (Wildman–Crippen MR) is 108 cm³/mol. The topological polar surface area (TPSA) is 64.6 Å². The molecule has 0 aliphatic carbocycles. The SMILES string of the molecule is CCS(=O)c1c(-c2cn3cnc(C)cc3n2)nn2c(C)c(C)c(C)c(C)c12. The lowest BCUT2D eigenvalue weighted by Crippen LogP contribution is -2.03. The Morgan fingerprint density at radius 1 is 1.07 bits per heavy atom. The Balaban J connectivity index is 2.11. The van der Waals surface area contributed by atoms with Crippen LogP contribution in [0.15, 0.2) is 23.5 Å². The van der Waals surface area contributed by atoms with Gasteiger partial charge in [0, 0.05) is 29.4 Å². The van der Waals surface area contributed by atoms with Gasteiger partial charge in [0.15, 0.2) is 0 Å². The third kappa shape index (κ3) is 2.60. The number of rotatable bonds is 3. The first-order chi connectivity index (χ1) is 12.8. The number of fused-ring (bicyclic) bond motifs is 2. The van der Waals surface area contributed by atoms with Gasteiger partial charge < -0.3 is 0 Å². The van der Waals surface area contributed by atoms with Crippen LogP contribution < -0.4 is 0 Å². The van der Waals surface area contributed by atoms with E-state index in [0.29, 0.717) is 11.4 Å². The minimum absolute atomic E-state index is 0.536. The molecule has 0 aliphatic rings. The molecule has 0 N–H and O–H groups in total. The van der Waals surface area contributed by atoms with Crippen LogP contribution >= 0.6 is 0 Å². The van der Waals surface area contributed by atoms with Crippen molar-refractivity contribution in [2.75, 3.05) is 5.75 Å². The van der Waals surface area contributed by atoms with Gasteiger partial charge in [0.2, 0.25) is 0 Å². The van der Waals surface area contributed by atoms with E-state index in [-0.39, 0.29) is 0 Å². The van der Waals surface area contributed by atoms with E-state index in [9.17, 15) is 4.21 Å². The van der Waals surface area contributed by atoms with Crippen LogP contribution in [0.2, 0.25) is 0 Å². The molecule has 4 aromatic rings. The summed E-state index contributed by atoms with van der Waals surface area (Å²) in [7, 11) is -1.15. The fraction of sp³-hybridized carbons (Fsp3) is 0.350. The van der Waals surface area contributed by atoms with Crippen molar-refractivity contribution in [3.05, 3.63) is 46.7 Å². The van der Waals surface area contributed by atoms with E-state index in [2.05, 4.69) is 32.7 Å². The van der Waals surface area contributed by atoms with Crippen LogP contribution in [-0.4, -0.2) is 33.9 Å². The Hall–Kier alpha value is -2.54. The molecule has 0 saturated carbocycles. The summed E-state index contributed by atoms with van der Waals surface area (Å²) in [6.45, 7) is 12.2. The molecule has 1 atom stereocenters. The van der Waals surface area contributed by atoms with E-state index < -0.39 is 10.8 Å². The number of aryl methyl sites for hydroxylation is 3. The molecule has 140 valence electrons. The van der Waals surface area contributed by atoms with Crippen LogP contribution in [0.5, 0.6) is 0 Å². The largest absolute Gasteiger partial charge is 0.290 e. The zero-order chi connectivity index (χ0) is 19.5. The lowest BCUT2D eigenvalue weighted by molar-refractivity contribution is 0.684. The maximum Gasteiger partial charge on any atom is 0.140 e. The van der Waals surface area contributed by atoms with Crippen LogP contribution in [0, 0.1) is 34.6 Å². The molecule has 0 spiro atoms. The minimum Gasteiger partial charge on any atom is -0.290 e. The molecule has 27 heavy (non-hydrogen) atoms. The molecule has 0 aliphatic heterocycles. The van der Waals surface area contributed by atoms with Crippen molar-refractivity contribution in [1.82, 2.24) is 24.0 Å². The van der Waals surface area contributed by atoms with Crippen molar-refractivity contribution >= 4 is 22.0 Å². The summed E-state index contributed by atoms with van der Waals surface area (Å²) in [4.78, 5) is 9.83. The quantitative estimate of drug-likeness (QED) is 0.543. The van der Waals surface area contributed by atoms with Gasteiger partial charge >= 0.3 is 0 Å². The smallest absolute Gasteiger partial charge is 0.140 e. The van der Waals surface area contributed by atoms with Gasteiger partial charge in [0.25, 0.3) is 0 Å². The summed E-state index contributed by atoms with van der Waals surface area (Å²) in [5, 5.41) is 4.86. The van der Waals surface area contributed by atoms with Crippen LogP contribution in [0.3, 0.4) is 0 Å².